The highest BCUT2D eigenvalue weighted by Crippen LogP contribution is 2.24. The Hall–Kier alpha value is -2.07. The SMILES string of the molecule is CCN(Cc1cccs1)c1ccc(C=CC(=O)O)cc1C. The summed E-state index contributed by atoms with van der Waals surface area (Å²) in [6.45, 7) is 6.04. The minimum absolute atomic E-state index is 0.902. The highest BCUT2D eigenvalue weighted by atomic mass is 32.1. The van der Waals surface area contributed by atoms with Crippen molar-refractivity contribution in [2.24, 2.45) is 0 Å². The minimum Gasteiger partial charge on any atom is -0.478 e. The van der Waals surface area contributed by atoms with Gasteiger partial charge < -0.3 is 10.0 Å². The van der Waals surface area contributed by atoms with Gasteiger partial charge in [0, 0.05) is 23.2 Å². The van der Waals surface area contributed by atoms with Gasteiger partial charge in [0.2, 0.25) is 0 Å². The van der Waals surface area contributed by atoms with Crippen molar-refractivity contribution in [2.45, 2.75) is 20.4 Å². The number of thiophene rings is 1. The molecule has 1 heterocycles. The van der Waals surface area contributed by atoms with Crippen LogP contribution >= 0.6 is 11.3 Å². The third kappa shape index (κ3) is 4.20. The fraction of sp³-hybridized carbons (Fsp3) is 0.235. The van der Waals surface area contributed by atoms with Crippen molar-refractivity contribution >= 4 is 29.1 Å². The first kappa shape index (κ1) is 15.3. The molecule has 2 rings (SSSR count). The fourth-order valence-corrected chi connectivity index (χ4v) is 2.98. The van der Waals surface area contributed by atoms with Gasteiger partial charge >= 0.3 is 5.97 Å². The van der Waals surface area contributed by atoms with Gasteiger partial charge in [0.15, 0.2) is 0 Å². The highest BCUT2D eigenvalue weighted by Gasteiger charge is 2.09. The van der Waals surface area contributed by atoms with Gasteiger partial charge in [0.25, 0.3) is 0 Å². The smallest absolute Gasteiger partial charge is 0.328 e. The maximum Gasteiger partial charge on any atom is 0.328 e. The molecule has 0 saturated heterocycles. The maximum absolute atomic E-state index is 10.6. The molecule has 21 heavy (non-hydrogen) atoms. The number of carbonyl (C=O) groups is 1. The topological polar surface area (TPSA) is 40.5 Å². The van der Waals surface area contributed by atoms with E-state index in [1.54, 1.807) is 17.4 Å². The van der Waals surface area contributed by atoms with Crippen molar-refractivity contribution in [2.75, 3.05) is 11.4 Å². The Morgan fingerprint density at radius 1 is 1.38 bits per heavy atom. The van der Waals surface area contributed by atoms with Crippen LogP contribution in [0.4, 0.5) is 5.69 Å². The predicted molar refractivity (Wildman–Crippen MR) is 88.9 cm³/mol. The van der Waals surface area contributed by atoms with Crippen molar-refractivity contribution in [3.8, 4) is 0 Å². The Bertz CT molecular complexity index is 632. The van der Waals surface area contributed by atoms with Crippen molar-refractivity contribution in [1.82, 2.24) is 0 Å². The van der Waals surface area contributed by atoms with Crippen LogP contribution in [0.2, 0.25) is 0 Å². The van der Waals surface area contributed by atoms with Crippen molar-refractivity contribution in [3.05, 3.63) is 57.8 Å². The van der Waals surface area contributed by atoms with Crippen LogP contribution in [0.25, 0.3) is 6.08 Å². The summed E-state index contributed by atoms with van der Waals surface area (Å²) in [5, 5.41) is 10.8. The average molecular weight is 301 g/mol. The Kier molecular flexibility index (Phi) is 5.17. The summed E-state index contributed by atoms with van der Waals surface area (Å²) in [6, 6.07) is 10.3. The minimum atomic E-state index is -0.926. The summed E-state index contributed by atoms with van der Waals surface area (Å²) in [5.41, 5.74) is 3.25. The molecule has 0 amide bonds. The van der Waals surface area contributed by atoms with Crippen LogP contribution < -0.4 is 4.90 Å². The molecular weight excluding hydrogens is 282 g/mol. The number of carboxylic acids is 1. The van der Waals surface area contributed by atoms with Crippen LogP contribution in [0.3, 0.4) is 0 Å². The molecule has 2 aromatic rings. The van der Waals surface area contributed by atoms with Gasteiger partial charge in [0.1, 0.15) is 0 Å². The van der Waals surface area contributed by atoms with Crippen LogP contribution in [0.15, 0.2) is 41.8 Å². The quantitative estimate of drug-likeness (QED) is 0.814. The lowest BCUT2D eigenvalue weighted by Crippen LogP contribution is -2.22. The van der Waals surface area contributed by atoms with Crippen LogP contribution in [-0.4, -0.2) is 17.6 Å². The van der Waals surface area contributed by atoms with Gasteiger partial charge in [-0.1, -0.05) is 12.1 Å². The molecule has 110 valence electrons. The molecule has 0 spiro atoms. The molecule has 1 aromatic heterocycles. The lowest BCUT2D eigenvalue weighted by Gasteiger charge is -2.24. The number of hydrogen-bond acceptors (Lipinski definition) is 3. The predicted octanol–water partition coefficient (Wildman–Crippen LogP) is 4.18. The number of carboxylic acid groups (broad SMARTS) is 1. The van der Waals surface area contributed by atoms with Gasteiger partial charge in [-0.3, -0.25) is 0 Å². The van der Waals surface area contributed by atoms with E-state index in [1.807, 2.05) is 12.1 Å². The molecule has 0 aliphatic heterocycles. The molecule has 0 bridgehead atoms. The van der Waals surface area contributed by atoms with Crippen molar-refractivity contribution < 1.29 is 9.90 Å². The van der Waals surface area contributed by atoms with E-state index in [2.05, 4.69) is 42.3 Å². The molecule has 0 atom stereocenters. The molecule has 1 N–H and O–H groups in total. The number of benzene rings is 1. The summed E-state index contributed by atoms with van der Waals surface area (Å²) in [5.74, 6) is -0.926. The first-order valence-electron chi connectivity index (χ1n) is 6.89. The fourth-order valence-electron chi connectivity index (χ4n) is 2.26. The molecule has 4 heteroatoms. The Balaban J connectivity index is 2.20. The molecule has 0 fully saturated rings. The second kappa shape index (κ2) is 7.09. The Morgan fingerprint density at radius 3 is 2.76 bits per heavy atom. The van der Waals surface area contributed by atoms with Crippen LogP contribution in [-0.2, 0) is 11.3 Å². The van der Waals surface area contributed by atoms with Gasteiger partial charge in [-0.25, -0.2) is 4.79 Å². The Morgan fingerprint density at radius 2 is 2.19 bits per heavy atom. The molecule has 1 aromatic carbocycles. The van der Waals surface area contributed by atoms with Crippen molar-refractivity contribution in [3.63, 3.8) is 0 Å². The van der Waals surface area contributed by atoms with E-state index >= 15 is 0 Å². The number of aryl methyl sites for hydroxylation is 1. The van der Waals surface area contributed by atoms with E-state index in [0.29, 0.717) is 0 Å². The molecule has 3 nitrogen and oxygen atoms in total. The van der Waals surface area contributed by atoms with E-state index in [0.717, 1.165) is 30.3 Å². The van der Waals surface area contributed by atoms with E-state index in [9.17, 15) is 4.79 Å². The number of anilines is 1. The molecule has 0 aliphatic carbocycles. The average Bonchev–Trinajstić information content (AvgIpc) is 2.96. The van der Waals surface area contributed by atoms with Gasteiger partial charge in [-0.15, -0.1) is 11.3 Å². The summed E-state index contributed by atoms with van der Waals surface area (Å²) < 4.78 is 0. The van der Waals surface area contributed by atoms with Crippen LogP contribution in [0.1, 0.15) is 22.9 Å². The molecular formula is C17H19NO2S. The zero-order valence-electron chi connectivity index (χ0n) is 12.2. The number of hydrogen-bond donors (Lipinski definition) is 1. The largest absolute Gasteiger partial charge is 0.478 e. The summed E-state index contributed by atoms with van der Waals surface area (Å²) in [6.07, 6.45) is 2.78. The summed E-state index contributed by atoms with van der Waals surface area (Å²) >= 11 is 1.76. The molecule has 0 saturated carbocycles. The van der Waals surface area contributed by atoms with Gasteiger partial charge in [0.05, 0.1) is 6.54 Å². The van der Waals surface area contributed by atoms with Crippen LogP contribution in [0.5, 0.6) is 0 Å². The number of aliphatic carboxylic acids is 1. The van der Waals surface area contributed by atoms with E-state index in [1.165, 1.54) is 10.6 Å². The molecule has 0 aliphatic rings. The maximum atomic E-state index is 10.6. The molecule has 0 unspecified atom stereocenters. The van der Waals surface area contributed by atoms with Crippen molar-refractivity contribution in [1.29, 1.82) is 0 Å². The lowest BCUT2D eigenvalue weighted by molar-refractivity contribution is -0.131. The third-order valence-electron chi connectivity index (χ3n) is 3.29. The van der Waals surface area contributed by atoms with Crippen LogP contribution in [0, 0.1) is 6.92 Å². The van der Waals surface area contributed by atoms with E-state index < -0.39 is 5.97 Å². The zero-order valence-corrected chi connectivity index (χ0v) is 13.1. The highest BCUT2D eigenvalue weighted by molar-refractivity contribution is 7.09. The zero-order chi connectivity index (χ0) is 15.2. The second-order valence-electron chi connectivity index (χ2n) is 4.81. The second-order valence-corrected chi connectivity index (χ2v) is 5.84. The number of rotatable bonds is 6. The van der Waals surface area contributed by atoms with Gasteiger partial charge in [-0.05, 0) is 54.6 Å². The lowest BCUT2D eigenvalue weighted by atomic mass is 10.1. The number of nitrogens with zero attached hydrogens (tertiary/aromatic N) is 1. The first-order chi connectivity index (χ1) is 10.1. The molecule has 0 radical (unpaired) electrons. The summed E-state index contributed by atoms with van der Waals surface area (Å²) in [4.78, 5) is 14.2. The monoisotopic (exact) mass is 301 g/mol. The summed E-state index contributed by atoms with van der Waals surface area (Å²) in [7, 11) is 0. The standard InChI is InChI=1S/C17H19NO2S/c1-3-18(12-15-5-4-10-21-15)16-8-6-14(11-13(16)2)7-9-17(19)20/h4-11H,3,12H2,1-2H3,(H,19,20). The first-order valence-corrected chi connectivity index (χ1v) is 7.77. The van der Waals surface area contributed by atoms with Gasteiger partial charge in [-0.2, -0.15) is 0 Å². The van der Waals surface area contributed by atoms with E-state index in [-0.39, 0.29) is 0 Å². The Labute approximate surface area is 129 Å². The normalized spacial score (nSPS) is 11.0. The third-order valence-corrected chi connectivity index (χ3v) is 4.15. The van der Waals surface area contributed by atoms with E-state index in [4.69, 9.17) is 5.11 Å².